The van der Waals surface area contributed by atoms with Crippen LogP contribution in [-0.2, 0) is 16.6 Å². The fourth-order valence-corrected chi connectivity index (χ4v) is 5.32. The van der Waals surface area contributed by atoms with Crippen LogP contribution in [-0.4, -0.2) is 77.0 Å². The van der Waals surface area contributed by atoms with E-state index in [2.05, 4.69) is 5.10 Å². The second kappa shape index (κ2) is 7.36. The monoisotopic (exact) mass is 417 g/mol. The summed E-state index contributed by atoms with van der Waals surface area (Å²) in [4.78, 5) is 28.4. The molecule has 1 aromatic heterocycles. The third-order valence-electron chi connectivity index (χ3n) is 5.39. The van der Waals surface area contributed by atoms with Crippen LogP contribution in [0.2, 0.25) is 0 Å². The summed E-state index contributed by atoms with van der Waals surface area (Å²) in [5, 5.41) is 4.23. The smallest absolute Gasteiger partial charge is 0.262 e. The molecule has 0 saturated carbocycles. The number of carbonyl (C=O) groups excluding carboxylic acids is 2. The third kappa shape index (κ3) is 3.37. The molecule has 0 atom stereocenters. The van der Waals surface area contributed by atoms with Gasteiger partial charge in [0.1, 0.15) is 4.90 Å². The summed E-state index contributed by atoms with van der Waals surface area (Å²) in [6, 6.07) is 6.78. The molecule has 0 spiro atoms. The van der Waals surface area contributed by atoms with Gasteiger partial charge >= 0.3 is 0 Å². The number of carbonyl (C=O) groups is 2. The highest BCUT2D eigenvalue weighted by Crippen LogP contribution is 2.24. The summed E-state index contributed by atoms with van der Waals surface area (Å²) >= 11 is 0. The Morgan fingerprint density at radius 3 is 2.10 bits per heavy atom. The lowest BCUT2D eigenvalue weighted by atomic mass is 10.1. The molecule has 4 rings (SSSR count). The molecule has 0 unspecified atom stereocenters. The molecule has 3 heterocycles. The van der Waals surface area contributed by atoms with Crippen molar-refractivity contribution >= 4 is 21.8 Å². The average molecular weight is 417 g/mol. The predicted octanol–water partition coefficient (Wildman–Crippen LogP) is 0.771. The van der Waals surface area contributed by atoms with Gasteiger partial charge in [-0.05, 0) is 26.0 Å². The van der Waals surface area contributed by atoms with Gasteiger partial charge in [-0.2, -0.15) is 9.40 Å². The minimum atomic E-state index is -3.62. The quantitative estimate of drug-likeness (QED) is 0.667. The third-order valence-corrected chi connectivity index (χ3v) is 7.40. The second-order valence-corrected chi connectivity index (χ2v) is 9.09. The van der Waals surface area contributed by atoms with Crippen LogP contribution >= 0.6 is 0 Å². The zero-order chi connectivity index (χ0) is 20.8. The number of hydrogen-bond donors (Lipinski definition) is 0. The average Bonchev–Trinajstić information content (AvgIpc) is 3.22. The first-order valence-electron chi connectivity index (χ1n) is 9.54. The number of fused-ring (bicyclic) bond motifs is 1. The van der Waals surface area contributed by atoms with Crippen LogP contribution in [0.25, 0.3) is 0 Å². The van der Waals surface area contributed by atoms with Crippen LogP contribution in [0.3, 0.4) is 0 Å². The van der Waals surface area contributed by atoms with E-state index in [0.29, 0.717) is 49.5 Å². The van der Waals surface area contributed by atoms with Crippen molar-refractivity contribution in [3.8, 4) is 0 Å². The van der Waals surface area contributed by atoms with E-state index in [9.17, 15) is 18.0 Å². The Balaban J connectivity index is 1.42. The number of imide groups is 1. The van der Waals surface area contributed by atoms with Gasteiger partial charge in [-0.25, -0.2) is 8.42 Å². The Hall–Kier alpha value is -2.56. The van der Waals surface area contributed by atoms with Crippen molar-refractivity contribution in [3.63, 3.8) is 0 Å². The van der Waals surface area contributed by atoms with Crippen molar-refractivity contribution in [1.82, 2.24) is 23.9 Å². The van der Waals surface area contributed by atoms with E-state index in [1.807, 2.05) is 11.8 Å². The second-order valence-electron chi connectivity index (χ2n) is 7.18. The summed E-state index contributed by atoms with van der Waals surface area (Å²) < 4.78 is 29.0. The van der Waals surface area contributed by atoms with Crippen molar-refractivity contribution < 1.29 is 18.0 Å². The highest BCUT2D eigenvalue weighted by molar-refractivity contribution is 7.89. The van der Waals surface area contributed by atoms with Crippen molar-refractivity contribution in [2.75, 3.05) is 32.8 Å². The maximum absolute atomic E-state index is 13.0. The number of nitrogens with zero attached hydrogens (tertiary/aromatic N) is 5. The molecule has 2 aliphatic rings. The number of sulfonamides is 1. The topological polar surface area (TPSA) is 95.8 Å². The molecule has 154 valence electrons. The molecule has 0 N–H and O–H groups in total. The molecule has 2 amide bonds. The molecule has 9 nitrogen and oxygen atoms in total. The lowest BCUT2D eigenvalue weighted by Gasteiger charge is -2.35. The lowest BCUT2D eigenvalue weighted by molar-refractivity contribution is 0.0500. The van der Waals surface area contributed by atoms with Crippen LogP contribution < -0.4 is 0 Å². The molecule has 2 aromatic rings. The Morgan fingerprint density at radius 2 is 1.59 bits per heavy atom. The first kappa shape index (κ1) is 19.7. The van der Waals surface area contributed by atoms with Crippen LogP contribution in [0.4, 0.5) is 0 Å². The van der Waals surface area contributed by atoms with Crippen LogP contribution in [0.5, 0.6) is 0 Å². The van der Waals surface area contributed by atoms with E-state index in [1.54, 1.807) is 42.1 Å². The van der Waals surface area contributed by atoms with Gasteiger partial charge in [0.15, 0.2) is 0 Å². The zero-order valence-electron chi connectivity index (χ0n) is 16.4. The number of aryl methyl sites for hydroxylation is 2. The normalized spacial score (nSPS) is 18.5. The maximum Gasteiger partial charge on any atom is 0.262 e. The van der Waals surface area contributed by atoms with E-state index < -0.39 is 10.0 Å². The maximum atomic E-state index is 13.0. The van der Waals surface area contributed by atoms with Gasteiger partial charge < -0.3 is 0 Å². The van der Waals surface area contributed by atoms with E-state index >= 15 is 0 Å². The van der Waals surface area contributed by atoms with Crippen LogP contribution in [0, 0.1) is 6.92 Å². The Bertz CT molecular complexity index is 1040. The molecule has 0 radical (unpaired) electrons. The Kier molecular flexibility index (Phi) is 5.01. The van der Waals surface area contributed by atoms with Gasteiger partial charge in [0.2, 0.25) is 10.0 Å². The van der Waals surface area contributed by atoms with E-state index in [4.69, 9.17) is 0 Å². The highest BCUT2D eigenvalue weighted by Gasteiger charge is 2.37. The van der Waals surface area contributed by atoms with Crippen LogP contribution in [0.1, 0.15) is 33.3 Å². The van der Waals surface area contributed by atoms with Crippen molar-refractivity contribution in [3.05, 3.63) is 47.3 Å². The Labute approximate surface area is 169 Å². The summed E-state index contributed by atoms with van der Waals surface area (Å²) in [7, 11) is -3.62. The molecule has 1 saturated heterocycles. The van der Waals surface area contributed by atoms with Crippen molar-refractivity contribution in [2.45, 2.75) is 25.3 Å². The molecular weight excluding hydrogens is 394 g/mol. The predicted molar refractivity (Wildman–Crippen MR) is 105 cm³/mol. The van der Waals surface area contributed by atoms with Crippen molar-refractivity contribution in [2.24, 2.45) is 0 Å². The first-order valence-corrected chi connectivity index (χ1v) is 11.0. The van der Waals surface area contributed by atoms with E-state index in [-0.39, 0.29) is 23.4 Å². The van der Waals surface area contributed by atoms with Gasteiger partial charge in [0, 0.05) is 38.9 Å². The molecule has 2 aliphatic heterocycles. The van der Waals surface area contributed by atoms with Crippen molar-refractivity contribution in [1.29, 1.82) is 0 Å². The molecule has 10 heteroatoms. The number of rotatable bonds is 5. The van der Waals surface area contributed by atoms with E-state index in [0.717, 1.165) is 0 Å². The lowest BCUT2D eigenvalue weighted by Crippen LogP contribution is -2.52. The summed E-state index contributed by atoms with van der Waals surface area (Å²) in [5.41, 5.74) is 1.32. The van der Waals surface area contributed by atoms with Crippen LogP contribution in [0.15, 0.2) is 35.4 Å². The first-order chi connectivity index (χ1) is 13.8. The largest absolute Gasteiger partial charge is 0.283 e. The summed E-state index contributed by atoms with van der Waals surface area (Å²) in [5.74, 6) is -0.605. The standard InChI is InChI=1S/C19H23N5O4S/c1-3-22-12-17(14(2)20-22)29(27,28)23-10-8-21(9-11-23)13-24-18(25)15-6-4-5-7-16(15)19(24)26/h4-7,12H,3,8-11,13H2,1-2H3. The fourth-order valence-electron chi connectivity index (χ4n) is 3.73. The van der Waals surface area contributed by atoms with Gasteiger partial charge in [-0.15, -0.1) is 0 Å². The number of amides is 2. The number of piperazine rings is 1. The van der Waals surface area contributed by atoms with Gasteiger partial charge in [0.25, 0.3) is 11.8 Å². The molecule has 29 heavy (non-hydrogen) atoms. The number of hydrogen-bond acceptors (Lipinski definition) is 6. The highest BCUT2D eigenvalue weighted by atomic mass is 32.2. The fraction of sp³-hybridized carbons (Fsp3) is 0.421. The molecular formula is C19H23N5O4S. The number of aromatic nitrogens is 2. The van der Waals surface area contributed by atoms with E-state index in [1.165, 1.54) is 9.21 Å². The number of benzene rings is 1. The zero-order valence-corrected chi connectivity index (χ0v) is 17.2. The minimum Gasteiger partial charge on any atom is -0.283 e. The molecule has 0 aliphatic carbocycles. The molecule has 1 aromatic carbocycles. The summed E-state index contributed by atoms with van der Waals surface area (Å²) in [6.45, 7) is 5.82. The summed E-state index contributed by atoms with van der Waals surface area (Å²) in [6.07, 6.45) is 1.57. The van der Waals surface area contributed by atoms with Gasteiger partial charge in [-0.3, -0.25) is 24.1 Å². The molecule has 0 bridgehead atoms. The Morgan fingerprint density at radius 1 is 1.00 bits per heavy atom. The minimum absolute atomic E-state index is 0.160. The molecule has 1 fully saturated rings. The SMILES string of the molecule is CCn1cc(S(=O)(=O)N2CCN(CN3C(=O)c4ccccc4C3=O)CC2)c(C)n1. The van der Waals surface area contributed by atoms with Gasteiger partial charge in [0.05, 0.1) is 23.5 Å². The van der Waals surface area contributed by atoms with Gasteiger partial charge in [-0.1, -0.05) is 12.1 Å².